The summed E-state index contributed by atoms with van der Waals surface area (Å²) in [7, 11) is 1.54. The van der Waals surface area contributed by atoms with Crippen LogP contribution in [0.15, 0.2) is 66.4 Å². The van der Waals surface area contributed by atoms with Gasteiger partial charge in [-0.15, -0.1) is 0 Å². The highest BCUT2D eigenvalue weighted by Crippen LogP contribution is 2.34. The molecule has 168 valence electrons. The molecule has 1 aliphatic rings. The molecule has 0 atom stereocenters. The predicted octanol–water partition coefficient (Wildman–Crippen LogP) is 5.67. The van der Waals surface area contributed by atoms with Crippen molar-refractivity contribution in [1.82, 2.24) is 4.90 Å². The van der Waals surface area contributed by atoms with Crippen LogP contribution in [-0.2, 0) is 16.1 Å². The van der Waals surface area contributed by atoms with E-state index in [9.17, 15) is 9.59 Å². The Kier molecular flexibility index (Phi) is 6.25. The topological polar surface area (TPSA) is 58.6 Å². The number of nitrogens with one attached hydrogen (secondary N) is 1. The van der Waals surface area contributed by atoms with Crippen LogP contribution in [0.25, 0.3) is 5.57 Å². The van der Waals surface area contributed by atoms with Crippen LogP contribution in [0.4, 0.5) is 5.69 Å². The van der Waals surface area contributed by atoms with E-state index in [1.807, 2.05) is 63.2 Å². The molecule has 0 aliphatic carbocycles. The number of nitrogens with zero attached hydrogens (tertiary/aromatic N) is 1. The molecule has 2 amide bonds. The van der Waals surface area contributed by atoms with Crippen LogP contribution in [0, 0.1) is 20.8 Å². The second-order valence-electron chi connectivity index (χ2n) is 8.21. The van der Waals surface area contributed by atoms with Crippen LogP contribution in [-0.4, -0.2) is 23.8 Å². The van der Waals surface area contributed by atoms with Crippen LogP contribution in [0.5, 0.6) is 5.75 Å². The molecule has 0 aromatic heterocycles. The van der Waals surface area contributed by atoms with E-state index in [1.165, 1.54) is 12.0 Å². The van der Waals surface area contributed by atoms with Crippen molar-refractivity contribution >= 4 is 34.7 Å². The molecule has 0 saturated heterocycles. The van der Waals surface area contributed by atoms with E-state index in [1.54, 1.807) is 18.2 Å². The van der Waals surface area contributed by atoms with E-state index in [-0.39, 0.29) is 24.1 Å². The Morgan fingerprint density at radius 1 is 0.879 bits per heavy atom. The Morgan fingerprint density at radius 3 is 2.24 bits per heavy atom. The van der Waals surface area contributed by atoms with Crippen LogP contribution in [0.2, 0.25) is 5.02 Å². The summed E-state index contributed by atoms with van der Waals surface area (Å²) < 4.78 is 5.21. The van der Waals surface area contributed by atoms with Gasteiger partial charge in [-0.3, -0.25) is 14.5 Å². The van der Waals surface area contributed by atoms with E-state index >= 15 is 0 Å². The predicted molar refractivity (Wildman–Crippen MR) is 131 cm³/mol. The molecule has 0 radical (unpaired) electrons. The monoisotopic (exact) mass is 460 g/mol. The number of rotatable bonds is 6. The summed E-state index contributed by atoms with van der Waals surface area (Å²) in [5.41, 5.74) is 6.04. The van der Waals surface area contributed by atoms with E-state index in [2.05, 4.69) is 5.32 Å². The number of hydrogen-bond acceptors (Lipinski definition) is 4. The lowest BCUT2D eigenvalue weighted by molar-refractivity contribution is -0.137. The van der Waals surface area contributed by atoms with Gasteiger partial charge in [0.1, 0.15) is 11.4 Å². The molecule has 1 aliphatic heterocycles. The first kappa shape index (κ1) is 22.6. The Morgan fingerprint density at radius 2 is 1.61 bits per heavy atom. The molecule has 0 unspecified atom stereocenters. The van der Waals surface area contributed by atoms with Gasteiger partial charge < -0.3 is 10.1 Å². The van der Waals surface area contributed by atoms with Crippen molar-refractivity contribution in [3.63, 3.8) is 0 Å². The average Bonchev–Trinajstić information content (AvgIpc) is 3.01. The maximum atomic E-state index is 13.5. The van der Waals surface area contributed by atoms with Gasteiger partial charge in [0.05, 0.1) is 24.3 Å². The molecular weight excluding hydrogens is 436 g/mol. The van der Waals surface area contributed by atoms with Crippen LogP contribution in [0.3, 0.4) is 0 Å². The summed E-state index contributed by atoms with van der Waals surface area (Å²) in [6.45, 7) is 6.19. The third-order valence-corrected chi connectivity index (χ3v) is 6.14. The molecule has 5 nitrogen and oxygen atoms in total. The van der Waals surface area contributed by atoms with Gasteiger partial charge in [0.15, 0.2) is 0 Å². The van der Waals surface area contributed by atoms with Crippen molar-refractivity contribution in [2.24, 2.45) is 0 Å². The third kappa shape index (κ3) is 4.50. The summed E-state index contributed by atoms with van der Waals surface area (Å²) in [6, 6.07) is 18.7. The number of imide groups is 1. The molecule has 3 aromatic carbocycles. The van der Waals surface area contributed by atoms with Gasteiger partial charge in [-0.05, 0) is 61.2 Å². The van der Waals surface area contributed by atoms with Crippen LogP contribution >= 0.6 is 11.6 Å². The summed E-state index contributed by atoms with van der Waals surface area (Å²) in [5.74, 6) is -0.174. The largest absolute Gasteiger partial charge is 0.495 e. The Hall–Kier alpha value is -3.57. The number of benzene rings is 3. The maximum Gasteiger partial charge on any atom is 0.278 e. The van der Waals surface area contributed by atoms with E-state index in [0.717, 1.165) is 22.3 Å². The number of methoxy groups -OCH3 is 1. The Labute approximate surface area is 198 Å². The van der Waals surface area contributed by atoms with E-state index < -0.39 is 0 Å². The highest BCUT2D eigenvalue weighted by molar-refractivity contribution is 6.36. The lowest BCUT2D eigenvalue weighted by Crippen LogP contribution is -2.32. The first-order valence-electron chi connectivity index (χ1n) is 10.6. The first-order valence-corrected chi connectivity index (χ1v) is 11.0. The van der Waals surface area contributed by atoms with Gasteiger partial charge in [-0.2, -0.15) is 0 Å². The van der Waals surface area contributed by atoms with Crippen molar-refractivity contribution in [2.75, 3.05) is 12.4 Å². The number of amides is 2. The molecule has 4 rings (SSSR count). The lowest BCUT2D eigenvalue weighted by Gasteiger charge is -2.16. The normalized spacial score (nSPS) is 13.7. The molecular formula is C27H25ClN2O3. The zero-order chi connectivity index (χ0) is 23.7. The number of ether oxygens (including phenoxy) is 1. The van der Waals surface area contributed by atoms with Gasteiger partial charge in [0.2, 0.25) is 0 Å². The number of aryl methyl sites for hydroxylation is 3. The smallest absolute Gasteiger partial charge is 0.278 e. The minimum Gasteiger partial charge on any atom is -0.495 e. The zero-order valence-electron chi connectivity index (χ0n) is 19.0. The molecule has 6 heteroatoms. The number of anilines is 1. The van der Waals surface area contributed by atoms with Gasteiger partial charge in [-0.1, -0.05) is 59.6 Å². The second kappa shape index (κ2) is 9.12. The molecule has 1 N–H and O–H groups in total. The number of hydrogen-bond donors (Lipinski definition) is 1. The van der Waals surface area contributed by atoms with Crippen molar-refractivity contribution < 1.29 is 14.3 Å². The number of carbonyl (C=O) groups is 2. The van der Waals surface area contributed by atoms with Crippen molar-refractivity contribution in [1.29, 1.82) is 0 Å². The fourth-order valence-electron chi connectivity index (χ4n) is 3.76. The van der Waals surface area contributed by atoms with Gasteiger partial charge in [0, 0.05) is 5.69 Å². The third-order valence-electron chi connectivity index (χ3n) is 5.85. The zero-order valence-corrected chi connectivity index (χ0v) is 19.8. The fraction of sp³-hybridized carbons (Fsp3) is 0.185. The average molecular weight is 461 g/mol. The molecule has 0 bridgehead atoms. The van der Waals surface area contributed by atoms with Gasteiger partial charge in [-0.25, -0.2) is 0 Å². The molecule has 3 aromatic rings. The van der Waals surface area contributed by atoms with Gasteiger partial charge in [0.25, 0.3) is 11.8 Å². The number of halogens is 1. The van der Waals surface area contributed by atoms with Crippen LogP contribution < -0.4 is 10.1 Å². The highest BCUT2D eigenvalue weighted by Gasteiger charge is 2.39. The van der Waals surface area contributed by atoms with Crippen molar-refractivity contribution in [2.45, 2.75) is 27.3 Å². The second-order valence-corrected chi connectivity index (χ2v) is 8.61. The Bertz CT molecular complexity index is 1280. The quantitative estimate of drug-likeness (QED) is 0.482. The lowest BCUT2D eigenvalue weighted by atomic mass is 9.99. The minimum atomic E-state index is -0.374. The van der Waals surface area contributed by atoms with Crippen LogP contribution in [0.1, 0.15) is 27.8 Å². The Balaban J connectivity index is 1.75. The summed E-state index contributed by atoms with van der Waals surface area (Å²) in [6.07, 6.45) is 0. The highest BCUT2D eigenvalue weighted by atomic mass is 35.5. The standard InChI is InChI=1S/C27H25ClN2O3/c1-16-5-8-19(9-6-16)15-30-26(31)24(20-10-7-17(2)18(3)13-20)25(27(30)32)29-21-11-12-23(33-4)22(28)14-21/h5-14,29H,15H2,1-4H3. The molecule has 0 fully saturated rings. The van der Waals surface area contributed by atoms with Crippen molar-refractivity contribution in [3.8, 4) is 5.75 Å². The summed E-state index contributed by atoms with van der Waals surface area (Å²) in [5, 5.41) is 3.55. The van der Waals surface area contributed by atoms with Gasteiger partial charge >= 0.3 is 0 Å². The SMILES string of the molecule is COc1ccc(NC2=C(c3ccc(C)c(C)c3)C(=O)N(Cc3ccc(C)cc3)C2=O)cc1Cl. The van der Waals surface area contributed by atoms with E-state index in [4.69, 9.17) is 16.3 Å². The maximum absolute atomic E-state index is 13.5. The molecule has 0 spiro atoms. The van der Waals surface area contributed by atoms with Crippen molar-refractivity contribution in [3.05, 3.63) is 99.2 Å². The summed E-state index contributed by atoms with van der Waals surface area (Å²) >= 11 is 6.28. The molecule has 33 heavy (non-hydrogen) atoms. The minimum absolute atomic E-state index is 0.195. The molecule has 1 heterocycles. The van der Waals surface area contributed by atoms with E-state index in [0.29, 0.717) is 27.6 Å². The number of carbonyl (C=O) groups excluding carboxylic acids is 2. The summed E-state index contributed by atoms with van der Waals surface area (Å²) in [4.78, 5) is 28.3. The fourth-order valence-corrected chi connectivity index (χ4v) is 4.02. The molecule has 0 saturated carbocycles. The first-order chi connectivity index (χ1) is 15.8.